The van der Waals surface area contributed by atoms with E-state index in [1.165, 1.54) is 20.4 Å². The van der Waals surface area contributed by atoms with Crippen molar-refractivity contribution in [2.45, 2.75) is 0 Å². The maximum Gasteiger partial charge on any atom is 0.255 e. The molecule has 0 saturated carbocycles. The fourth-order valence-electron chi connectivity index (χ4n) is 1.69. The first-order valence-corrected chi connectivity index (χ1v) is 7.06. The summed E-state index contributed by atoms with van der Waals surface area (Å²) in [4.78, 5) is 16.2. The van der Waals surface area contributed by atoms with Crippen molar-refractivity contribution in [3.63, 3.8) is 0 Å². The van der Waals surface area contributed by atoms with Gasteiger partial charge in [0.1, 0.15) is 4.60 Å². The van der Waals surface area contributed by atoms with E-state index in [-0.39, 0.29) is 5.91 Å². The number of ether oxygens (including phenoxy) is 2. The van der Waals surface area contributed by atoms with Crippen LogP contribution < -0.4 is 14.8 Å². The molecule has 0 bridgehead atoms. The van der Waals surface area contributed by atoms with Crippen LogP contribution in [-0.2, 0) is 0 Å². The molecular formula is C14H12BrClN2O3. The molecule has 5 nitrogen and oxygen atoms in total. The summed E-state index contributed by atoms with van der Waals surface area (Å²) in [6.07, 6.45) is 1.54. The Kier molecular flexibility index (Phi) is 5.03. The van der Waals surface area contributed by atoms with Crippen molar-refractivity contribution in [2.24, 2.45) is 0 Å². The lowest BCUT2D eigenvalue weighted by molar-refractivity contribution is 0.102. The Bertz CT molecular complexity index is 679. The van der Waals surface area contributed by atoms with Gasteiger partial charge in [0.15, 0.2) is 11.5 Å². The zero-order chi connectivity index (χ0) is 15.4. The number of amides is 1. The van der Waals surface area contributed by atoms with Crippen molar-refractivity contribution in [3.8, 4) is 11.5 Å². The summed E-state index contributed by atoms with van der Waals surface area (Å²) < 4.78 is 10.9. The molecule has 21 heavy (non-hydrogen) atoms. The van der Waals surface area contributed by atoms with Crippen molar-refractivity contribution in [1.82, 2.24) is 4.98 Å². The third-order valence-corrected chi connectivity index (χ3v) is 3.46. The van der Waals surface area contributed by atoms with Crippen LogP contribution in [-0.4, -0.2) is 25.1 Å². The smallest absolute Gasteiger partial charge is 0.255 e. The van der Waals surface area contributed by atoms with E-state index < -0.39 is 0 Å². The molecule has 1 aromatic heterocycles. The Morgan fingerprint density at radius 1 is 1.24 bits per heavy atom. The van der Waals surface area contributed by atoms with Gasteiger partial charge in [-0.3, -0.25) is 4.79 Å². The van der Waals surface area contributed by atoms with Crippen LogP contribution in [0.1, 0.15) is 10.4 Å². The molecule has 0 fully saturated rings. The molecule has 0 atom stereocenters. The van der Waals surface area contributed by atoms with Gasteiger partial charge in [-0.1, -0.05) is 11.6 Å². The first-order chi connectivity index (χ1) is 10.0. The molecular weight excluding hydrogens is 360 g/mol. The predicted molar refractivity (Wildman–Crippen MR) is 84.4 cm³/mol. The van der Waals surface area contributed by atoms with Gasteiger partial charge in [-0.15, -0.1) is 0 Å². The van der Waals surface area contributed by atoms with Gasteiger partial charge >= 0.3 is 0 Å². The minimum absolute atomic E-state index is 0.299. The third-order valence-electron chi connectivity index (χ3n) is 2.71. The Labute approximate surface area is 135 Å². The number of methoxy groups -OCH3 is 2. The number of benzene rings is 1. The summed E-state index contributed by atoms with van der Waals surface area (Å²) in [6.45, 7) is 0. The molecule has 2 rings (SSSR count). The van der Waals surface area contributed by atoms with Gasteiger partial charge in [-0.2, -0.15) is 0 Å². The standard InChI is InChI=1S/C14H12BrClN2O3/c1-20-11-6-9(16)10(7-12(11)21-2)18-14(19)8-3-4-17-13(15)5-8/h3-7H,1-2H3,(H,18,19). The number of aromatic nitrogens is 1. The van der Waals surface area contributed by atoms with Crippen LogP contribution in [0.15, 0.2) is 35.1 Å². The number of carbonyl (C=O) groups excluding carboxylic acids is 1. The molecule has 0 aliphatic carbocycles. The summed E-state index contributed by atoms with van der Waals surface area (Å²) >= 11 is 9.35. The molecule has 1 heterocycles. The molecule has 0 aliphatic heterocycles. The van der Waals surface area contributed by atoms with Crippen LogP contribution in [0.4, 0.5) is 5.69 Å². The van der Waals surface area contributed by atoms with Crippen molar-refractivity contribution in [1.29, 1.82) is 0 Å². The van der Waals surface area contributed by atoms with Gasteiger partial charge in [0.05, 0.1) is 24.9 Å². The van der Waals surface area contributed by atoms with E-state index in [2.05, 4.69) is 26.2 Å². The second-order valence-corrected chi connectivity index (χ2v) is 5.23. The summed E-state index contributed by atoms with van der Waals surface area (Å²) in [5.74, 6) is 0.674. The predicted octanol–water partition coefficient (Wildman–Crippen LogP) is 3.77. The number of carbonyl (C=O) groups is 1. The lowest BCUT2D eigenvalue weighted by atomic mass is 10.2. The van der Waals surface area contributed by atoms with Crippen LogP contribution in [0.2, 0.25) is 5.02 Å². The number of hydrogen-bond acceptors (Lipinski definition) is 4. The van der Waals surface area contributed by atoms with Crippen molar-refractivity contribution >= 4 is 39.1 Å². The topological polar surface area (TPSA) is 60.5 Å². The minimum atomic E-state index is -0.299. The molecule has 0 aliphatic rings. The fourth-order valence-corrected chi connectivity index (χ4v) is 2.25. The first-order valence-electron chi connectivity index (χ1n) is 5.89. The number of rotatable bonds is 4. The number of halogens is 2. The Morgan fingerprint density at radius 3 is 2.52 bits per heavy atom. The van der Waals surface area contributed by atoms with Gasteiger partial charge in [0.2, 0.25) is 0 Å². The molecule has 2 aromatic rings. The molecule has 7 heteroatoms. The summed E-state index contributed by atoms with van der Waals surface area (Å²) in [5, 5.41) is 3.08. The van der Waals surface area contributed by atoms with Gasteiger partial charge in [0, 0.05) is 23.9 Å². The van der Waals surface area contributed by atoms with E-state index in [0.717, 1.165) is 0 Å². The van der Waals surface area contributed by atoms with Gasteiger partial charge in [-0.05, 0) is 28.1 Å². The maximum absolute atomic E-state index is 12.2. The van der Waals surface area contributed by atoms with Crippen LogP contribution in [0, 0.1) is 0 Å². The number of anilines is 1. The molecule has 0 radical (unpaired) electrons. The lowest BCUT2D eigenvalue weighted by Crippen LogP contribution is -2.12. The quantitative estimate of drug-likeness (QED) is 0.831. The van der Waals surface area contributed by atoms with Gasteiger partial charge < -0.3 is 14.8 Å². The average molecular weight is 372 g/mol. The zero-order valence-corrected chi connectivity index (χ0v) is 13.7. The van der Waals surface area contributed by atoms with Crippen molar-refractivity contribution in [3.05, 3.63) is 45.7 Å². The van der Waals surface area contributed by atoms with E-state index in [1.807, 2.05) is 0 Å². The van der Waals surface area contributed by atoms with Crippen LogP contribution >= 0.6 is 27.5 Å². The average Bonchev–Trinajstić information content (AvgIpc) is 2.48. The van der Waals surface area contributed by atoms with Crippen molar-refractivity contribution < 1.29 is 14.3 Å². The van der Waals surface area contributed by atoms with E-state index in [9.17, 15) is 4.79 Å². The highest BCUT2D eigenvalue weighted by Gasteiger charge is 2.13. The minimum Gasteiger partial charge on any atom is -0.493 e. The SMILES string of the molecule is COc1cc(Cl)c(NC(=O)c2ccnc(Br)c2)cc1OC. The zero-order valence-electron chi connectivity index (χ0n) is 11.3. The van der Waals surface area contributed by atoms with Crippen LogP contribution in [0.3, 0.4) is 0 Å². The lowest BCUT2D eigenvalue weighted by Gasteiger charge is -2.12. The number of nitrogens with one attached hydrogen (secondary N) is 1. The monoisotopic (exact) mass is 370 g/mol. The van der Waals surface area contributed by atoms with Gasteiger partial charge in [0.25, 0.3) is 5.91 Å². The molecule has 0 unspecified atom stereocenters. The molecule has 1 aromatic carbocycles. The number of nitrogens with zero attached hydrogens (tertiary/aromatic N) is 1. The first kappa shape index (κ1) is 15.6. The molecule has 1 N–H and O–H groups in total. The number of hydrogen-bond donors (Lipinski definition) is 1. The highest BCUT2D eigenvalue weighted by molar-refractivity contribution is 9.10. The Hall–Kier alpha value is -1.79. The van der Waals surface area contributed by atoms with E-state index >= 15 is 0 Å². The van der Waals surface area contributed by atoms with E-state index in [4.69, 9.17) is 21.1 Å². The second-order valence-electron chi connectivity index (χ2n) is 4.01. The summed E-state index contributed by atoms with van der Waals surface area (Å²) in [5.41, 5.74) is 0.898. The largest absolute Gasteiger partial charge is 0.493 e. The highest BCUT2D eigenvalue weighted by Crippen LogP contribution is 2.36. The summed E-state index contributed by atoms with van der Waals surface area (Å²) in [6, 6.07) is 6.41. The third kappa shape index (κ3) is 3.65. The maximum atomic E-state index is 12.2. The molecule has 110 valence electrons. The van der Waals surface area contributed by atoms with Crippen LogP contribution in [0.5, 0.6) is 11.5 Å². The van der Waals surface area contributed by atoms with Crippen LogP contribution in [0.25, 0.3) is 0 Å². The fraction of sp³-hybridized carbons (Fsp3) is 0.143. The van der Waals surface area contributed by atoms with Crippen molar-refractivity contribution in [2.75, 3.05) is 19.5 Å². The Morgan fingerprint density at radius 2 is 1.90 bits per heavy atom. The van der Waals surface area contributed by atoms with Gasteiger partial charge in [-0.25, -0.2) is 4.98 Å². The molecule has 0 spiro atoms. The summed E-state index contributed by atoms with van der Waals surface area (Å²) in [7, 11) is 3.03. The highest BCUT2D eigenvalue weighted by atomic mass is 79.9. The molecule has 1 amide bonds. The number of pyridine rings is 1. The normalized spacial score (nSPS) is 10.1. The molecule has 0 saturated heterocycles. The van der Waals surface area contributed by atoms with E-state index in [1.54, 1.807) is 24.3 Å². The van der Waals surface area contributed by atoms with E-state index in [0.29, 0.717) is 32.4 Å². The second kappa shape index (κ2) is 6.78. The Balaban J connectivity index is 2.29.